The summed E-state index contributed by atoms with van der Waals surface area (Å²) in [6.45, 7) is 16.7. The lowest BCUT2D eigenvalue weighted by Crippen LogP contribution is -2.28. The highest BCUT2D eigenvalue weighted by Gasteiger charge is 2.15. The van der Waals surface area contributed by atoms with E-state index in [1.54, 1.807) is 18.8 Å². The van der Waals surface area contributed by atoms with E-state index in [1.807, 2.05) is 26.3 Å². The normalized spacial score (nSPS) is 17.9. The summed E-state index contributed by atoms with van der Waals surface area (Å²) in [4.78, 5) is 8.75. The topological polar surface area (TPSA) is 48.8 Å². The SMILES string of the molecule is C=C(N/C(=C/C(=C)C1CCNCC1)SC)C(C)=N/C=C(CC)/C(C=NC)=C/C. The van der Waals surface area contributed by atoms with Gasteiger partial charge in [0.25, 0.3) is 0 Å². The van der Waals surface area contributed by atoms with Gasteiger partial charge < -0.3 is 10.6 Å². The van der Waals surface area contributed by atoms with Crippen molar-refractivity contribution in [3.8, 4) is 0 Å². The molecule has 0 unspecified atom stereocenters. The lowest BCUT2D eigenvalue weighted by atomic mass is 9.91. The summed E-state index contributed by atoms with van der Waals surface area (Å²) in [7, 11) is 1.78. The zero-order chi connectivity index (χ0) is 20.9. The molecule has 0 bridgehead atoms. The van der Waals surface area contributed by atoms with Crippen LogP contribution in [0.2, 0.25) is 0 Å². The highest BCUT2D eigenvalue weighted by Crippen LogP contribution is 2.24. The number of rotatable bonds is 10. The minimum Gasteiger partial charge on any atom is -0.349 e. The molecule has 0 amide bonds. The van der Waals surface area contributed by atoms with Crippen molar-refractivity contribution in [3.05, 3.63) is 59.0 Å². The maximum Gasteiger partial charge on any atom is 0.0725 e. The van der Waals surface area contributed by atoms with Gasteiger partial charge in [0.05, 0.1) is 16.4 Å². The van der Waals surface area contributed by atoms with Gasteiger partial charge in [0.15, 0.2) is 0 Å². The average molecular weight is 401 g/mol. The molecule has 1 aliphatic rings. The second-order valence-corrected chi connectivity index (χ2v) is 7.62. The average Bonchev–Trinajstić information content (AvgIpc) is 2.72. The van der Waals surface area contributed by atoms with Crippen molar-refractivity contribution in [3.63, 3.8) is 0 Å². The fraction of sp³-hybridized carbons (Fsp3) is 0.478. The second kappa shape index (κ2) is 13.3. The lowest BCUT2D eigenvalue weighted by molar-refractivity contribution is 0.426. The third-order valence-corrected chi connectivity index (χ3v) is 5.52. The van der Waals surface area contributed by atoms with Gasteiger partial charge in [-0.3, -0.25) is 9.98 Å². The molecule has 0 atom stereocenters. The van der Waals surface area contributed by atoms with Crippen LogP contribution in [0.3, 0.4) is 0 Å². The maximum atomic E-state index is 4.63. The lowest BCUT2D eigenvalue weighted by Gasteiger charge is -2.23. The van der Waals surface area contributed by atoms with E-state index in [0.717, 1.165) is 59.9 Å². The molecule has 154 valence electrons. The van der Waals surface area contributed by atoms with Gasteiger partial charge in [-0.15, -0.1) is 11.8 Å². The molecule has 0 aromatic rings. The van der Waals surface area contributed by atoms with Crippen LogP contribution in [0.4, 0.5) is 0 Å². The van der Waals surface area contributed by atoms with Crippen molar-refractivity contribution < 1.29 is 0 Å². The number of nitrogens with zero attached hydrogens (tertiary/aromatic N) is 2. The van der Waals surface area contributed by atoms with Crippen molar-refractivity contribution in [2.75, 3.05) is 26.4 Å². The van der Waals surface area contributed by atoms with E-state index in [1.165, 1.54) is 5.57 Å². The van der Waals surface area contributed by atoms with Gasteiger partial charge in [0, 0.05) is 19.5 Å². The van der Waals surface area contributed by atoms with Crippen LogP contribution in [-0.2, 0) is 0 Å². The molecule has 1 rings (SSSR count). The number of hydrogen-bond donors (Lipinski definition) is 2. The Balaban J connectivity index is 2.84. The van der Waals surface area contributed by atoms with E-state index < -0.39 is 0 Å². The third kappa shape index (κ3) is 8.03. The molecule has 1 aliphatic heterocycles. The van der Waals surface area contributed by atoms with E-state index in [-0.39, 0.29) is 0 Å². The van der Waals surface area contributed by atoms with Crippen LogP contribution in [-0.4, -0.2) is 38.3 Å². The minimum atomic E-state index is 0.558. The summed E-state index contributed by atoms with van der Waals surface area (Å²) < 4.78 is 0. The Hall–Kier alpha value is -1.85. The van der Waals surface area contributed by atoms with Crippen LogP contribution in [0.25, 0.3) is 0 Å². The molecule has 4 nitrogen and oxygen atoms in total. The number of hydrogen-bond acceptors (Lipinski definition) is 5. The zero-order valence-electron chi connectivity index (χ0n) is 18.1. The summed E-state index contributed by atoms with van der Waals surface area (Å²) in [6, 6.07) is 0. The quantitative estimate of drug-likeness (QED) is 0.389. The van der Waals surface area contributed by atoms with E-state index >= 15 is 0 Å². The van der Waals surface area contributed by atoms with Gasteiger partial charge in [-0.25, -0.2) is 0 Å². The van der Waals surface area contributed by atoms with Gasteiger partial charge in [-0.1, -0.05) is 26.2 Å². The fourth-order valence-electron chi connectivity index (χ4n) is 2.97. The predicted octanol–water partition coefficient (Wildman–Crippen LogP) is 5.25. The van der Waals surface area contributed by atoms with E-state index in [2.05, 4.69) is 59.1 Å². The van der Waals surface area contributed by atoms with Crippen molar-refractivity contribution in [1.29, 1.82) is 0 Å². The third-order valence-electron chi connectivity index (χ3n) is 4.86. The number of allylic oxidation sites excluding steroid dienone is 6. The summed E-state index contributed by atoms with van der Waals surface area (Å²) in [6.07, 6.45) is 13.3. The highest BCUT2D eigenvalue weighted by molar-refractivity contribution is 8.02. The largest absolute Gasteiger partial charge is 0.349 e. The summed E-state index contributed by atoms with van der Waals surface area (Å²) in [5.74, 6) is 0.558. The standard InChI is InChI=1S/C23H36N4S/c1-8-20(15-24-6)21(9-2)16-26-18(4)19(5)27-23(28-7)14-17(3)22-10-12-25-13-11-22/h8,14-16,22,25,27H,3,5,9-13H2,1-2,4,6-7H3/b20-8+,21-16+,23-14-,24-15?,26-18?. The Morgan fingerprint density at radius 1 is 1.29 bits per heavy atom. The molecule has 0 radical (unpaired) electrons. The van der Waals surface area contributed by atoms with E-state index in [9.17, 15) is 0 Å². The fourth-order valence-corrected chi connectivity index (χ4v) is 3.46. The van der Waals surface area contributed by atoms with Crippen molar-refractivity contribution in [2.45, 2.75) is 40.0 Å². The van der Waals surface area contributed by atoms with Crippen LogP contribution < -0.4 is 10.6 Å². The second-order valence-electron chi connectivity index (χ2n) is 6.77. The van der Waals surface area contributed by atoms with Gasteiger partial charge in [-0.2, -0.15) is 0 Å². The van der Waals surface area contributed by atoms with E-state index in [4.69, 9.17) is 0 Å². The Labute approximate surface area is 175 Å². The smallest absolute Gasteiger partial charge is 0.0725 e. The van der Waals surface area contributed by atoms with Crippen LogP contribution in [0.15, 0.2) is 68.9 Å². The molecule has 1 heterocycles. The van der Waals surface area contributed by atoms with Crippen molar-refractivity contribution in [2.24, 2.45) is 15.9 Å². The van der Waals surface area contributed by atoms with Crippen molar-refractivity contribution in [1.82, 2.24) is 10.6 Å². The molecule has 1 fully saturated rings. The first-order chi connectivity index (χ1) is 13.5. The summed E-state index contributed by atoms with van der Waals surface area (Å²) in [5.41, 5.74) is 5.10. The Morgan fingerprint density at radius 2 is 1.96 bits per heavy atom. The molecule has 0 aromatic carbocycles. The molecule has 28 heavy (non-hydrogen) atoms. The maximum absolute atomic E-state index is 4.63. The van der Waals surface area contributed by atoms with Gasteiger partial charge in [-0.05, 0) is 81.2 Å². The first kappa shape index (κ1) is 24.2. The zero-order valence-corrected chi connectivity index (χ0v) is 19.0. The Morgan fingerprint density at radius 3 is 2.50 bits per heavy atom. The molecule has 2 N–H and O–H groups in total. The minimum absolute atomic E-state index is 0.558. The van der Waals surface area contributed by atoms with E-state index in [0.29, 0.717) is 5.92 Å². The number of thioether (sulfide) groups is 1. The molecule has 0 saturated carbocycles. The molecular weight excluding hydrogens is 364 g/mol. The molecule has 5 heteroatoms. The van der Waals surface area contributed by atoms with Gasteiger partial charge in [0.1, 0.15) is 0 Å². The van der Waals surface area contributed by atoms with Crippen LogP contribution >= 0.6 is 11.8 Å². The van der Waals surface area contributed by atoms with Crippen LogP contribution in [0.5, 0.6) is 0 Å². The first-order valence-corrected chi connectivity index (χ1v) is 11.1. The van der Waals surface area contributed by atoms with Crippen molar-refractivity contribution >= 4 is 23.7 Å². The summed E-state index contributed by atoms with van der Waals surface area (Å²) in [5, 5.41) is 7.85. The molecular formula is C23H36N4S. The first-order valence-electron chi connectivity index (χ1n) is 9.90. The summed E-state index contributed by atoms with van der Waals surface area (Å²) >= 11 is 1.67. The molecule has 0 spiro atoms. The van der Waals surface area contributed by atoms with Gasteiger partial charge >= 0.3 is 0 Å². The highest BCUT2D eigenvalue weighted by atomic mass is 32.2. The molecule has 0 aliphatic carbocycles. The Bertz CT molecular complexity index is 689. The molecule has 1 saturated heterocycles. The number of aliphatic imine (C=N–C) groups is 2. The predicted molar refractivity (Wildman–Crippen MR) is 128 cm³/mol. The van der Waals surface area contributed by atoms with Crippen LogP contribution in [0.1, 0.15) is 40.0 Å². The monoisotopic (exact) mass is 400 g/mol. The molecule has 0 aromatic heterocycles. The Kier molecular flexibility index (Phi) is 11.5. The van der Waals surface area contributed by atoms with Crippen LogP contribution in [0, 0.1) is 5.92 Å². The number of piperidine rings is 1. The van der Waals surface area contributed by atoms with Gasteiger partial charge in [0.2, 0.25) is 0 Å². The number of nitrogens with one attached hydrogen (secondary N) is 2.